The maximum absolute atomic E-state index is 12.3. The van der Waals surface area contributed by atoms with E-state index >= 15 is 0 Å². The van der Waals surface area contributed by atoms with E-state index in [1.54, 1.807) is 18.0 Å². The summed E-state index contributed by atoms with van der Waals surface area (Å²) in [6.07, 6.45) is 1.63. The number of hydrogen-bond acceptors (Lipinski definition) is 5. The summed E-state index contributed by atoms with van der Waals surface area (Å²) in [5, 5.41) is 3.81. The minimum atomic E-state index is -0.165. The molecule has 2 rings (SSSR count). The number of nitrogens with zero attached hydrogens (tertiary/aromatic N) is 2. The van der Waals surface area contributed by atoms with Crippen LogP contribution >= 0.6 is 11.8 Å². The van der Waals surface area contributed by atoms with Gasteiger partial charge < -0.3 is 15.0 Å². The Labute approximate surface area is 160 Å². The fourth-order valence-corrected chi connectivity index (χ4v) is 3.27. The van der Waals surface area contributed by atoms with Crippen molar-refractivity contribution in [3.8, 4) is 5.75 Å². The molecule has 0 radical (unpaired) electrons. The highest BCUT2D eigenvalue weighted by Crippen LogP contribution is 2.18. The molecule has 0 saturated heterocycles. The molecule has 0 aliphatic rings. The van der Waals surface area contributed by atoms with E-state index in [0.29, 0.717) is 12.2 Å². The molecule has 1 heterocycles. The Balaban J connectivity index is 1.85. The molecular weight excluding hydrogens is 346 g/mol. The number of amides is 1. The number of pyridine rings is 1. The number of ether oxygens (including phenoxy) is 1. The zero-order valence-electron chi connectivity index (χ0n) is 15.7. The zero-order valence-corrected chi connectivity index (χ0v) is 16.5. The number of aromatic nitrogens is 1. The number of thioether (sulfide) groups is 1. The predicted molar refractivity (Wildman–Crippen MR) is 108 cm³/mol. The molecule has 6 heteroatoms. The summed E-state index contributed by atoms with van der Waals surface area (Å²) in [6.45, 7) is 10.1. The van der Waals surface area contributed by atoms with Crippen LogP contribution in [0.4, 0.5) is 5.69 Å². The van der Waals surface area contributed by atoms with Crippen LogP contribution in [0.5, 0.6) is 5.75 Å². The second-order valence-corrected chi connectivity index (χ2v) is 6.79. The van der Waals surface area contributed by atoms with Crippen LogP contribution in [0.2, 0.25) is 0 Å². The van der Waals surface area contributed by atoms with E-state index in [1.807, 2.05) is 43.3 Å². The Bertz CT molecular complexity index is 670. The molecule has 2 aromatic rings. The van der Waals surface area contributed by atoms with Gasteiger partial charge in [0.2, 0.25) is 0 Å². The monoisotopic (exact) mass is 373 g/mol. The lowest BCUT2D eigenvalue weighted by Gasteiger charge is -2.17. The lowest BCUT2D eigenvalue weighted by atomic mass is 10.2. The molecule has 1 aromatic heterocycles. The van der Waals surface area contributed by atoms with Crippen LogP contribution in [0.3, 0.4) is 0 Å². The van der Waals surface area contributed by atoms with Gasteiger partial charge in [-0.15, -0.1) is 11.8 Å². The van der Waals surface area contributed by atoms with E-state index in [2.05, 4.69) is 29.0 Å². The Morgan fingerprint density at radius 3 is 2.42 bits per heavy atom. The lowest BCUT2D eigenvalue weighted by Crippen LogP contribution is -2.25. The smallest absolute Gasteiger partial charge is 0.257 e. The van der Waals surface area contributed by atoms with Crippen LogP contribution in [0.1, 0.15) is 31.1 Å². The third-order valence-corrected chi connectivity index (χ3v) is 4.90. The van der Waals surface area contributed by atoms with Gasteiger partial charge in [-0.2, -0.15) is 0 Å². The van der Waals surface area contributed by atoms with Gasteiger partial charge in [0.05, 0.1) is 17.2 Å². The van der Waals surface area contributed by atoms with Crippen molar-refractivity contribution in [2.24, 2.45) is 0 Å². The van der Waals surface area contributed by atoms with Crippen molar-refractivity contribution in [2.45, 2.75) is 25.8 Å². The number of anilines is 1. The predicted octanol–water partition coefficient (Wildman–Crippen LogP) is 4.17. The molecule has 0 fully saturated rings. The summed E-state index contributed by atoms with van der Waals surface area (Å²) in [6, 6.07) is 11.1. The fourth-order valence-electron chi connectivity index (χ4n) is 2.42. The minimum Gasteiger partial charge on any atom is -0.494 e. The molecule has 1 aromatic carbocycles. The number of hydrogen-bond donors (Lipinski definition) is 1. The molecule has 5 nitrogen and oxygen atoms in total. The Morgan fingerprint density at radius 2 is 1.85 bits per heavy atom. The normalized spacial score (nSPS) is 10.8. The van der Waals surface area contributed by atoms with Gasteiger partial charge in [-0.05, 0) is 56.4 Å². The molecule has 0 bridgehead atoms. The third-order valence-electron chi connectivity index (χ3n) is 3.97. The molecule has 0 atom stereocenters. The Morgan fingerprint density at radius 1 is 1.12 bits per heavy atom. The van der Waals surface area contributed by atoms with Crippen molar-refractivity contribution in [1.82, 2.24) is 9.88 Å². The zero-order chi connectivity index (χ0) is 18.8. The number of nitrogens with one attached hydrogen (secondary N) is 1. The maximum atomic E-state index is 12.3. The maximum Gasteiger partial charge on any atom is 0.257 e. The highest BCUT2D eigenvalue weighted by Gasteiger charge is 2.08. The first-order valence-corrected chi connectivity index (χ1v) is 10.00. The van der Waals surface area contributed by atoms with Gasteiger partial charge in [0, 0.05) is 24.2 Å². The van der Waals surface area contributed by atoms with Gasteiger partial charge in [-0.3, -0.25) is 4.79 Å². The van der Waals surface area contributed by atoms with Crippen molar-refractivity contribution in [3.63, 3.8) is 0 Å². The number of carbonyl (C=O) groups excluding carboxylic acids is 1. The van der Waals surface area contributed by atoms with E-state index in [9.17, 15) is 4.79 Å². The number of benzene rings is 1. The summed E-state index contributed by atoms with van der Waals surface area (Å²) in [4.78, 5) is 19.1. The van der Waals surface area contributed by atoms with E-state index in [-0.39, 0.29) is 5.91 Å². The van der Waals surface area contributed by atoms with E-state index in [0.717, 1.165) is 41.8 Å². The van der Waals surface area contributed by atoms with Crippen LogP contribution < -0.4 is 10.1 Å². The minimum absolute atomic E-state index is 0.165. The summed E-state index contributed by atoms with van der Waals surface area (Å²) in [7, 11) is 0. The summed E-state index contributed by atoms with van der Waals surface area (Å²) in [5.74, 6) is 1.62. The second kappa shape index (κ2) is 10.8. The van der Waals surface area contributed by atoms with Crippen molar-refractivity contribution >= 4 is 23.4 Å². The largest absolute Gasteiger partial charge is 0.494 e. The van der Waals surface area contributed by atoms with E-state index < -0.39 is 0 Å². The molecule has 1 amide bonds. The fraction of sp³-hybridized carbons (Fsp3) is 0.400. The average molecular weight is 374 g/mol. The molecule has 0 aliphatic heterocycles. The molecule has 140 valence electrons. The van der Waals surface area contributed by atoms with Crippen molar-refractivity contribution in [1.29, 1.82) is 0 Å². The van der Waals surface area contributed by atoms with Crippen molar-refractivity contribution in [2.75, 3.05) is 37.3 Å². The lowest BCUT2D eigenvalue weighted by molar-refractivity contribution is 0.102. The summed E-state index contributed by atoms with van der Waals surface area (Å²) < 4.78 is 5.40. The first-order chi connectivity index (χ1) is 12.7. The molecule has 0 spiro atoms. The Kier molecular flexibility index (Phi) is 8.44. The van der Waals surface area contributed by atoms with Crippen LogP contribution in [-0.4, -0.2) is 47.8 Å². The summed E-state index contributed by atoms with van der Waals surface area (Å²) >= 11 is 1.71. The topological polar surface area (TPSA) is 54.5 Å². The van der Waals surface area contributed by atoms with Crippen LogP contribution in [0, 0.1) is 0 Å². The second-order valence-electron chi connectivity index (χ2n) is 5.67. The van der Waals surface area contributed by atoms with Crippen LogP contribution in [-0.2, 0) is 0 Å². The van der Waals surface area contributed by atoms with Crippen molar-refractivity contribution < 1.29 is 9.53 Å². The van der Waals surface area contributed by atoms with Gasteiger partial charge in [0.1, 0.15) is 5.75 Å². The first kappa shape index (κ1) is 20.3. The first-order valence-electron chi connectivity index (χ1n) is 9.01. The highest BCUT2D eigenvalue weighted by molar-refractivity contribution is 7.99. The van der Waals surface area contributed by atoms with Crippen molar-refractivity contribution in [3.05, 3.63) is 48.2 Å². The molecule has 26 heavy (non-hydrogen) atoms. The van der Waals surface area contributed by atoms with Gasteiger partial charge in [0.25, 0.3) is 5.91 Å². The van der Waals surface area contributed by atoms with Crippen LogP contribution in [0.25, 0.3) is 0 Å². The van der Waals surface area contributed by atoms with Crippen LogP contribution in [0.15, 0.2) is 47.6 Å². The molecule has 0 unspecified atom stereocenters. The molecular formula is C20H27N3O2S. The van der Waals surface area contributed by atoms with Gasteiger partial charge in [-0.1, -0.05) is 13.8 Å². The van der Waals surface area contributed by atoms with Gasteiger partial charge >= 0.3 is 0 Å². The van der Waals surface area contributed by atoms with E-state index in [4.69, 9.17) is 4.74 Å². The number of rotatable bonds is 10. The van der Waals surface area contributed by atoms with E-state index in [1.165, 1.54) is 0 Å². The average Bonchev–Trinajstić information content (AvgIpc) is 2.67. The summed E-state index contributed by atoms with van der Waals surface area (Å²) in [5.41, 5.74) is 1.28. The number of carbonyl (C=O) groups is 1. The SMILES string of the molecule is CCOc1ccc(NC(=O)c2ccc(SCCN(CC)CC)nc2)cc1. The highest BCUT2D eigenvalue weighted by atomic mass is 32.2. The third kappa shape index (κ3) is 6.35. The molecule has 1 N–H and O–H groups in total. The standard InChI is InChI=1S/C20H27N3O2S/c1-4-23(5-2)13-14-26-19-12-7-16(15-21-19)20(24)22-17-8-10-18(11-9-17)25-6-3/h7-12,15H,4-6,13-14H2,1-3H3,(H,22,24). The molecule has 0 aliphatic carbocycles. The molecule has 0 saturated carbocycles. The Hall–Kier alpha value is -2.05. The van der Waals surface area contributed by atoms with Gasteiger partial charge in [-0.25, -0.2) is 4.98 Å². The quantitative estimate of drug-likeness (QED) is 0.634. The van der Waals surface area contributed by atoms with Gasteiger partial charge in [0.15, 0.2) is 0 Å².